The fourth-order valence-corrected chi connectivity index (χ4v) is 5.55. The number of rotatable bonds is 2. The Kier molecular flexibility index (Phi) is 4.51. The minimum atomic E-state index is -2.72. The molecule has 11 heteroatoms. The molecule has 34 heavy (non-hydrogen) atoms. The van der Waals surface area contributed by atoms with Gasteiger partial charge in [-0.3, -0.25) is 19.1 Å². The van der Waals surface area contributed by atoms with E-state index in [0.717, 1.165) is 5.56 Å². The van der Waals surface area contributed by atoms with Crippen molar-refractivity contribution in [2.75, 3.05) is 0 Å². The van der Waals surface area contributed by atoms with Crippen LogP contribution in [0.3, 0.4) is 0 Å². The van der Waals surface area contributed by atoms with Gasteiger partial charge in [-0.05, 0) is 36.0 Å². The van der Waals surface area contributed by atoms with Crippen LogP contribution in [0, 0.1) is 11.8 Å². The third-order valence-corrected chi connectivity index (χ3v) is 7.15. The van der Waals surface area contributed by atoms with Gasteiger partial charge in [0.25, 0.3) is 5.91 Å². The molecule has 1 amide bonds. The molecule has 0 aliphatic heterocycles. The Labute approximate surface area is 192 Å². The van der Waals surface area contributed by atoms with E-state index in [9.17, 15) is 34.8 Å². The Balaban J connectivity index is 1.73. The standard InChI is InChI=1S/C23H22N4O7/c1-27-7-9(6-26-27)10-2-3-13(28)15-11(10)4-8-5-12-17(24)19(30)16(22(25)33)21(32)23(12,34)20(31)14(8)18(15)29/h2-3,6-8,12,17,28-29,32,34H,4-5,24H2,1H3,(H2,25,33). The van der Waals surface area contributed by atoms with Crippen LogP contribution in [-0.2, 0) is 27.9 Å². The second kappa shape index (κ2) is 7.02. The van der Waals surface area contributed by atoms with E-state index in [2.05, 4.69) is 5.10 Å². The molecule has 0 spiro atoms. The molecule has 8 N–H and O–H groups in total. The number of hydrogen-bond donors (Lipinski definition) is 6. The summed E-state index contributed by atoms with van der Waals surface area (Å²) in [5.41, 5.74) is 9.35. The zero-order valence-electron chi connectivity index (χ0n) is 18.0. The number of aryl methyl sites for hydroxylation is 1. The number of Topliss-reactive ketones (excluding diaryl/α,β-unsaturated/α-hetero) is 2. The molecule has 176 valence electrons. The predicted molar refractivity (Wildman–Crippen MR) is 117 cm³/mol. The molecule has 0 bridgehead atoms. The number of aromatic nitrogens is 2. The predicted octanol–water partition coefficient (Wildman–Crippen LogP) is -0.238. The van der Waals surface area contributed by atoms with E-state index in [4.69, 9.17) is 11.5 Å². The van der Waals surface area contributed by atoms with Gasteiger partial charge in [-0.15, -0.1) is 0 Å². The Morgan fingerprint density at radius 2 is 1.94 bits per heavy atom. The second-order valence-corrected chi connectivity index (χ2v) is 8.97. The molecule has 11 nitrogen and oxygen atoms in total. The van der Waals surface area contributed by atoms with Crippen LogP contribution in [0.5, 0.6) is 5.75 Å². The summed E-state index contributed by atoms with van der Waals surface area (Å²) in [7, 11) is 1.74. The maximum atomic E-state index is 13.6. The fourth-order valence-electron chi connectivity index (χ4n) is 5.55. The summed E-state index contributed by atoms with van der Waals surface area (Å²) in [6.07, 6.45) is 3.52. The Bertz CT molecular complexity index is 1370. The summed E-state index contributed by atoms with van der Waals surface area (Å²) in [6.45, 7) is 0. The summed E-state index contributed by atoms with van der Waals surface area (Å²) in [5, 5.41) is 47.8. The van der Waals surface area contributed by atoms with E-state index < -0.39 is 58.0 Å². The van der Waals surface area contributed by atoms with Crippen LogP contribution >= 0.6 is 0 Å². The number of aromatic hydroxyl groups is 1. The number of amides is 1. The number of phenols is 1. The molecule has 1 saturated carbocycles. The topological polar surface area (TPSA) is 202 Å². The minimum Gasteiger partial charge on any atom is -0.508 e. The molecule has 3 aliphatic carbocycles. The zero-order chi connectivity index (χ0) is 24.7. The van der Waals surface area contributed by atoms with Gasteiger partial charge in [-0.25, -0.2) is 0 Å². The van der Waals surface area contributed by atoms with Gasteiger partial charge in [0.05, 0.1) is 17.8 Å². The van der Waals surface area contributed by atoms with Crippen molar-refractivity contribution in [2.45, 2.75) is 24.5 Å². The number of fused-ring (bicyclic) bond motifs is 3. The smallest absolute Gasteiger partial charge is 0.255 e. The van der Waals surface area contributed by atoms with Crippen LogP contribution in [0.15, 0.2) is 41.4 Å². The number of phenolic OH excluding ortho intramolecular Hbond substituents is 1. The first-order chi connectivity index (χ1) is 16.0. The molecule has 1 heterocycles. The average molecular weight is 466 g/mol. The van der Waals surface area contributed by atoms with Crippen molar-refractivity contribution in [1.82, 2.24) is 9.78 Å². The number of aliphatic hydroxyl groups is 3. The lowest BCUT2D eigenvalue weighted by molar-refractivity contribution is -0.149. The number of hydrogen-bond acceptors (Lipinski definition) is 9. The highest BCUT2D eigenvalue weighted by molar-refractivity contribution is 6.24. The third kappa shape index (κ3) is 2.65. The molecule has 1 fully saturated rings. The zero-order valence-corrected chi connectivity index (χ0v) is 18.0. The third-order valence-electron chi connectivity index (χ3n) is 7.15. The molecule has 0 radical (unpaired) electrons. The van der Waals surface area contributed by atoms with Crippen LogP contribution in [0.2, 0.25) is 0 Å². The van der Waals surface area contributed by atoms with Crippen molar-refractivity contribution in [1.29, 1.82) is 0 Å². The van der Waals surface area contributed by atoms with Crippen molar-refractivity contribution in [3.05, 3.63) is 52.6 Å². The Morgan fingerprint density at radius 3 is 2.56 bits per heavy atom. The summed E-state index contributed by atoms with van der Waals surface area (Å²) in [5.74, 6) is -7.31. The minimum absolute atomic E-state index is 0.0257. The monoisotopic (exact) mass is 466 g/mol. The van der Waals surface area contributed by atoms with Gasteiger partial charge in [0.1, 0.15) is 22.8 Å². The number of carbonyl (C=O) groups is 3. The fraction of sp³-hybridized carbons (Fsp3) is 0.304. The van der Waals surface area contributed by atoms with Gasteiger partial charge in [0.15, 0.2) is 11.4 Å². The maximum Gasteiger partial charge on any atom is 0.255 e. The highest BCUT2D eigenvalue weighted by Gasteiger charge is 2.63. The van der Waals surface area contributed by atoms with Gasteiger partial charge in [-0.2, -0.15) is 5.10 Å². The summed E-state index contributed by atoms with van der Waals surface area (Å²) in [4.78, 5) is 38.0. The number of nitrogens with zero attached hydrogens (tertiary/aromatic N) is 2. The first-order valence-corrected chi connectivity index (χ1v) is 10.6. The molecular formula is C23H22N4O7. The molecule has 4 atom stereocenters. The van der Waals surface area contributed by atoms with Crippen molar-refractivity contribution in [2.24, 2.45) is 30.4 Å². The summed E-state index contributed by atoms with van der Waals surface area (Å²) >= 11 is 0. The molecule has 1 aromatic carbocycles. The number of aliphatic hydroxyl groups excluding tert-OH is 2. The molecular weight excluding hydrogens is 444 g/mol. The van der Waals surface area contributed by atoms with Gasteiger partial charge in [-0.1, -0.05) is 6.07 Å². The van der Waals surface area contributed by atoms with E-state index in [-0.39, 0.29) is 29.7 Å². The summed E-state index contributed by atoms with van der Waals surface area (Å²) < 4.78 is 1.60. The quantitative estimate of drug-likeness (QED) is 0.323. The van der Waals surface area contributed by atoms with E-state index >= 15 is 0 Å². The van der Waals surface area contributed by atoms with E-state index in [1.165, 1.54) is 6.07 Å². The molecule has 4 unspecified atom stereocenters. The van der Waals surface area contributed by atoms with Gasteiger partial charge in [0, 0.05) is 30.3 Å². The Hall–Kier alpha value is -3.96. The van der Waals surface area contributed by atoms with Crippen molar-refractivity contribution in [3.8, 4) is 16.9 Å². The van der Waals surface area contributed by atoms with Crippen LogP contribution in [0.1, 0.15) is 17.5 Å². The molecule has 0 saturated heterocycles. The SMILES string of the molecule is Cn1cc(-c2ccc(O)c3c2CC2CC4C(N)C(=O)C(C(N)=O)=C(O)C4(O)C(=O)C2=C3O)cn1. The number of primary amides is 1. The van der Waals surface area contributed by atoms with Gasteiger partial charge < -0.3 is 31.9 Å². The van der Waals surface area contributed by atoms with Crippen LogP contribution in [-0.4, -0.2) is 59.3 Å². The van der Waals surface area contributed by atoms with Crippen LogP contribution in [0.4, 0.5) is 0 Å². The normalized spacial score (nSPS) is 28.5. The average Bonchev–Trinajstić information content (AvgIpc) is 3.20. The van der Waals surface area contributed by atoms with E-state index in [1.54, 1.807) is 30.2 Å². The molecule has 2 aromatic rings. The number of nitrogens with two attached hydrogens (primary N) is 2. The molecule has 3 aliphatic rings. The lowest BCUT2D eigenvalue weighted by Gasteiger charge is -2.48. The van der Waals surface area contributed by atoms with Crippen molar-refractivity contribution >= 4 is 23.2 Å². The van der Waals surface area contributed by atoms with E-state index in [0.29, 0.717) is 11.1 Å². The number of ketones is 2. The van der Waals surface area contributed by atoms with Crippen LogP contribution < -0.4 is 11.5 Å². The molecule has 1 aromatic heterocycles. The number of carbonyl (C=O) groups excluding carboxylic acids is 3. The van der Waals surface area contributed by atoms with Gasteiger partial charge >= 0.3 is 0 Å². The van der Waals surface area contributed by atoms with Crippen molar-refractivity contribution in [3.63, 3.8) is 0 Å². The van der Waals surface area contributed by atoms with Crippen molar-refractivity contribution < 1.29 is 34.8 Å². The lowest BCUT2D eigenvalue weighted by atomic mass is 9.57. The van der Waals surface area contributed by atoms with Gasteiger partial charge in [0.2, 0.25) is 5.78 Å². The maximum absolute atomic E-state index is 13.6. The van der Waals surface area contributed by atoms with Crippen LogP contribution in [0.25, 0.3) is 16.9 Å². The first kappa shape index (κ1) is 21.9. The Morgan fingerprint density at radius 1 is 1.24 bits per heavy atom. The highest BCUT2D eigenvalue weighted by Crippen LogP contribution is 2.52. The summed E-state index contributed by atoms with van der Waals surface area (Å²) in [6, 6.07) is 1.58. The molecule has 5 rings (SSSR count). The largest absolute Gasteiger partial charge is 0.508 e. The first-order valence-electron chi connectivity index (χ1n) is 10.6. The highest BCUT2D eigenvalue weighted by atomic mass is 16.3. The number of benzene rings is 1. The van der Waals surface area contributed by atoms with E-state index in [1.807, 2.05) is 0 Å². The second-order valence-electron chi connectivity index (χ2n) is 8.97. The lowest BCUT2D eigenvalue weighted by Crippen LogP contribution is -2.65.